The third-order valence-corrected chi connectivity index (χ3v) is 2.46. The molecule has 1 rings (SSSR count). The van der Waals surface area contributed by atoms with E-state index in [0.717, 1.165) is 24.5 Å². The fourth-order valence-corrected chi connectivity index (χ4v) is 1.33. The first-order valence-electron chi connectivity index (χ1n) is 5.28. The van der Waals surface area contributed by atoms with Crippen molar-refractivity contribution in [2.75, 3.05) is 6.54 Å². The van der Waals surface area contributed by atoms with Crippen LogP contribution in [0, 0.1) is 5.92 Å². The molecule has 0 fully saturated rings. The highest BCUT2D eigenvalue weighted by atomic mass is 15.2. The average Bonchev–Trinajstić information content (AvgIpc) is 2.62. The predicted octanol–water partition coefficient (Wildman–Crippen LogP) is 1.46. The molecule has 1 aromatic rings. The van der Waals surface area contributed by atoms with Gasteiger partial charge in [-0.1, -0.05) is 27.2 Å². The molecule has 0 amide bonds. The van der Waals surface area contributed by atoms with Gasteiger partial charge >= 0.3 is 0 Å². The Kier molecular flexibility index (Phi) is 4.07. The Balaban J connectivity index is 2.58. The lowest BCUT2D eigenvalue weighted by Crippen LogP contribution is -2.16. The smallest absolute Gasteiger partial charge is 0.153 e. The monoisotopic (exact) mass is 196 g/mol. The summed E-state index contributed by atoms with van der Waals surface area (Å²) in [7, 11) is 0. The van der Waals surface area contributed by atoms with Gasteiger partial charge in [0, 0.05) is 12.3 Å². The zero-order valence-electron chi connectivity index (χ0n) is 9.25. The number of rotatable bonds is 5. The fraction of sp³-hybridized carbons (Fsp3) is 0.800. The molecule has 1 atom stereocenters. The molecule has 1 heterocycles. The maximum absolute atomic E-state index is 5.64. The maximum Gasteiger partial charge on any atom is 0.153 e. The van der Waals surface area contributed by atoms with Crippen molar-refractivity contribution in [3.8, 4) is 0 Å². The number of nitrogens with one attached hydrogen (secondary N) is 1. The lowest BCUT2D eigenvalue weighted by molar-refractivity contribution is 0.506. The van der Waals surface area contributed by atoms with Crippen LogP contribution < -0.4 is 5.73 Å². The van der Waals surface area contributed by atoms with Gasteiger partial charge in [0.2, 0.25) is 0 Å². The zero-order chi connectivity index (χ0) is 10.6. The second-order valence-corrected chi connectivity index (χ2v) is 4.01. The largest absolute Gasteiger partial charge is 0.330 e. The molecule has 0 aromatic carbocycles. The quantitative estimate of drug-likeness (QED) is 0.749. The molecular weight excluding hydrogens is 176 g/mol. The van der Waals surface area contributed by atoms with Gasteiger partial charge in [-0.15, -0.1) is 0 Å². The van der Waals surface area contributed by atoms with Crippen LogP contribution in [-0.4, -0.2) is 21.7 Å². The SMILES string of the molecule is CCC(CN)Cc1nc(C(C)C)n[nH]1. The minimum Gasteiger partial charge on any atom is -0.330 e. The lowest BCUT2D eigenvalue weighted by atomic mass is 10.0. The maximum atomic E-state index is 5.64. The topological polar surface area (TPSA) is 67.6 Å². The first kappa shape index (κ1) is 11.2. The summed E-state index contributed by atoms with van der Waals surface area (Å²) in [5.41, 5.74) is 5.64. The van der Waals surface area contributed by atoms with Crippen molar-refractivity contribution in [1.29, 1.82) is 0 Å². The van der Waals surface area contributed by atoms with E-state index in [9.17, 15) is 0 Å². The van der Waals surface area contributed by atoms with Crippen LogP contribution in [0.4, 0.5) is 0 Å². The fourth-order valence-electron chi connectivity index (χ4n) is 1.33. The van der Waals surface area contributed by atoms with E-state index in [1.54, 1.807) is 0 Å². The van der Waals surface area contributed by atoms with Crippen LogP contribution in [0.2, 0.25) is 0 Å². The Bertz CT molecular complexity index is 263. The number of aromatic nitrogens is 3. The van der Waals surface area contributed by atoms with Crippen LogP contribution in [-0.2, 0) is 6.42 Å². The van der Waals surface area contributed by atoms with E-state index in [1.807, 2.05) is 0 Å². The van der Waals surface area contributed by atoms with E-state index in [0.29, 0.717) is 18.4 Å². The summed E-state index contributed by atoms with van der Waals surface area (Å²) in [4.78, 5) is 4.42. The van der Waals surface area contributed by atoms with E-state index in [4.69, 9.17) is 5.73 Å². The molecule has 4 heteroatoms. The van der Waals surface area contributed by atoms with Crippen molar-refractivity contribution in [3.63, 3.8) is 0 Å². The van der Waals surface area contributed by atoms with E-state index in [-0.39, 0.29) is 0 Å². The molecule has 14 heavy (non-hydrogen) atoms. The van der Waals surface area contributed by atoms with Crippen molar-refractivity contribution in [1.82, 2.24) is 15.2 Å². The molecule has 0 aliphatic carbocycles. The van der Waals surface area contributed by atoms with Gasteiger partial charge in [-0.25, -0.2) is 4.98 Å². The molecule has 0 bridgehead atoms. The third kappa shape index (κ3) is 2.80. The molecular formula is C10H20N4. The second kappa shape index (κ2) is 5.10. The molecule has 0 aliphatic rings. The number of aromatic amines is 1. The van der Waals surface area contributed by atoms with Gasteiger partial charge < -0.3 is 5.73 Å². The van der Waals surface area contributed by atoms with Crippen LogP contribution in [0.25, 0.3) is 0 Å². The number of hydrogen-bond donors (Lipinski definition) is 2. The van der Waals surface area contributed by atoms with Crippen molar-refractivity contribution in [2.24, 2.45) is 11.7 Å². The molecule has 1 aromatic heterocycles. The Hall–Kier alpha value is -0.900. The number of nitrogens with two attached hydrogens (primary N) is 1. The molecule has 0 spiro atoms. The molecule has 3 N–H and O–H groups in total. The summed E-state index contributed by atoms with van der Waals surface area (Å²) in [5.74, 6) is 2.76. The van der Waals surface area contributed by atoms with Crippen LogP contribution >= 0.6 is 0 Å². The van der Waals surface area contributed by atoms with Crippen molar-refractivity contribution >= 4 is 0 Å². The number of H-pyrrole nitrogens is 1. The van der Waals surface area contributed by atoms with Gasteiger partial charge in [0.05, 0.1) is 0 Å². The standard InChI is InChI=1S/C10H20N4/c1-4-8(6-11)5-9-12-10(7(2)3)14-13-9/h7-8H,4-6,11H2,1-3H3,(H,12,13,14). The summed E-state index contributed by atoms with van der Waals surface area (Å²) in [6, 6.07) is 0. The van der Waals surface area contributed by atoms with Crippen molar-refractivity contribution < 1.29 is 0 Å². The number of hydrogen-bond acceptors (Lipinski definition) is 3. The van der Waals surface area contributed by atoms with E-state index < -0.39 is 0 Å². The summed E-state index contributed by atoms with van der Waals surface area (Å²) in [6.07, 6.45) is 2.00. The Morgan fingerprint density at radius 1 is 1.43 bits per heavy atom. The summed E-state index contributed by atoms with van der Waals surface area (Å²) < 4.78 is 0. The number of nitrogens with zero attached hydrogens (tertiary/aromatic N) is 2. The van der Waals surface area contributed by atoms with Gasteiger partial charge in [0.25, 0.3) is 0 Å². The highest BCUT2D eigenvalue weighted by Crippen LogP contribution is 2.11. The van der Waals surface area contributed by atoms with Gasteiger partial charge in [-0.3, -0.25) is 5.10 Å². The molecule has 0 saturated heterocycles. The first-order chi connectivity index (χ1) is 6.67. The highest BCUT2D eigenvalue weighted by Gasteiger charge is 2.10. The van der Waals surface area contributed by atoms with Crippen molar-refractivity contribution in [2.45, 2.75) is 39.5 Å². The first-order valence-corrected chi connectivity index (χ1v) is 5.28. The van der Waals surface area contributed by atoms with Gasteiger partial charge in [-0.05, 0) is 12.5 Å². The van der Waals surface area contributed by atoms with Gasteiger partial charge in [-0.2, -0.15) is 5.10 Å². The Labute approximate surface area is 85.3 Å². The van der Waals surface area contributed by atoms with Crippen LogP contribution in [0.1, 0.15) is 44.8 Å². The van der Waals surface area contributed by atoms with Gasteiger partial charge in [0.15, 0.2) is 5.82 Å². The molecule has 0 radical (unpaired) electrons. The summed E-state index contributed by atoms with van der Waals surface area (Å²) in [5, 5.41) is 7.13. The van der Waals surface area contributed by atoms with Crippen LogP contribution in [0.15, 0.2) is 0 Å². The van der Waals surface area contributed by atoms with E-state index in [1.165, 1.54) is 0 Å². The van der Waals surface area contributed by atoms with Crippen LogP contribution in [0.5, 0.6) is 0 Å². The van der Waals surface area contributed by atoms with Crippen LogP contribution in [0.3, 0.4) is 0 Å². The Morgan fingerprint density at radius 3 is 2.57 bits per heavy atom. The highest BCUT2D eigenvalue weighted by molar-refractivity contribution is 4.95. The normalized spacial score (nSPS) is 13.5. The zero-order valence-corrected chi connectivity index (χ0v) is 9.25. The Morgan fingerprint density at radius 2 is 2.14 bits per heavy atom. The molecule has 1 unspecified atom stereocenters. The molecule has 0 aliphatic heterocycles. The molecule has 0 saturated carbocycles. The molecule has 4 nitrogen and oxygen atoms in total. The van der Waals surface area contributed by atoms with E-state index >= 15 is 0 Å². The third-order valence-electron chi connectivity index (χ3n) is 2.46. The second-order valence-electron chi connectivity index (χ2n) is 4.01. The lowest BCUT2D eigenvalue weighted by Gasteiger charge is -2.08. The van der Waals surface area contributed by atoms with Gasteiger partial charge in [0.1, 0.15) is 5.82 Å². The van der Waals surface area contributed by atoms with Crippen molar-refractivity contribution in [3.05, 3.63) is 11.6 Å². The molecule has 80 valence electrons. The summed E-state index contributed by atoms with van der Waals surface area (Å²) in [6.45, 7) is 7.05. The minimum absolute atomic E-state index is 0.387. The predicted molar refractivity (Wildman–Crippen MR) is 57.0 cm³/mol. The average molecular weight is 196 g/mol. The van der Waals surface area contributed by atoms with E-state index in [2.05, 4.69) is 36.0 Å². The summed E-state index contributed by atoms with van der Waals surface area (Å²) >= 11 is 0. The minimum atomic E-state index is 0.387.